The maximum absolute atomic E-state index is 9.26. The molecular formula is C9H12ClNO. The number of hydrogen-bond acceptors (Lipinski definition) is 2. The zero-order valence-corrected chi connectivity index (χ0v) is 7.67. The molecule has 0 heterocycles. The van der Waals surface area contributed by atoms with Crippen LogP contribution < -0.4 is 5.73 Å². The summed E-state index contributed by atoms with van der Waals surface area (Å²) in [6, 6.07) is 5.03. The molecule has 1 aromatic carbocycles. The highest BCUT2D eigenvalue weighted by molar-refractivity contribution is 6.32. The molecule has 0 aliphatic rings. The summed E-state index contributed by atoms with van der Waals surface area (Å²) in [7, 11) is 0. The molecule has 0 saturated heterocycles. The minimum atomic E-state index is -0.0930. The van der Waals surface area contributed by atoms with Gasteiger partial charge in [-0.1, -0.05) is 30.7 Å². The maximum atomic E-state index is 9.26. The van der Waals surface area contributed by atoms with Crippen molar-refractivity contribution in [3.8, 4) is 5.75 Å². The molecule has 12 heavy (non-hydrogen) atoms. The Morgan fingerprint density at radius 2 is 2.25 bits per heavy atom. The van der Waals surface area contributed by atoms with Crippen molar-refractivity contribution in [3.63, 3.8) is 0 Å². The molecule has 66 valence electrons. The van der Waals surface area contributed by atoms with Gasteiger partial charge in [-0.15, -0.1) is 0 Å². The van der Waals surface area contributed by atoms with E-state index in [0.717, 1.165) is 12.0 Å². The summed E-state index contributed by atoms with van der Waals surface area (Å²) in [5.74, 6) is 0.0954. The van der Waals surface area contributed by atoms with E-state index in [1.54, 1.807) is 12.1 Å². The fourth-order valence-electron chi connectivity index (χ4n) is 1.04. The number of benzene rings is 1. The highest BCUT2D eigenvalue weighted by atomic mass is 35.5. The van der Waals surface area contributed by atoms with Crippen LogP contribution >= 0.6 is 11.6 Å². The average Bonchev–Trinajstić information content (AvgIpc) is 2.08. The number of aromatic hydroxyl groups is 1. The molecule has 0 spiro atoms. The normalized spacial score (nSPS) is 12.9. The molecule has 0 fully saturated rings. The molecule has 2 nitrogen and oxygen atoms in total. The predicted molar refractivity (Wildman–Crippen MR) is 50.3 cm³/mol. The lowest BCUT2D eigenvalue weighted by atomic mass is 10.1. The summed E-state index contributed by atoms with van der Waals surface area (Å²) in [5.41, 5.74) is 6.57. The Morgan fingerprint density at radius 1 is 1.58 bits per heavy atom. The lowest BCUT2D eigenvalue weighted by Gasteiger charge is -2.11. The molecule has 0 unspecified atom stereocenters. The zero-order valence-electron chi connectivity index (χ0n) is 6.92. The fourth-order valence-corrected chi connectivity index (χ4v) is 1.31. The second-order valence-corrected chi connectivity index (χ2v) is 3.07. The summed E-state index contributed by atoms with van der Waals surface area (Å²) in [5, 5.41) is 9.62. The van der Waals surface area contributed by atoms with Crippen molar-refractivity contribution in [1.29, 1.82) is 0 Å². The largest absolute Gasteiger partial charge is 0.506 e. The molecule has 0 saturated carbocycles. The Kier molecular flexibility index (Phi) is 2.95. The molecule has 0 bridgehead atoms. The summed E-state index contributed by atoms with van der Waals surface area (Å²) in [6.07, 6.45) is 0.809. The van der Waals surface area contributed by atoms with Crippen molar-refractivity contribution in [1.82, 2.24) is 0 Å². The number of phenols is 1. The van der Waals surface area contributed by atoms with E-state index in [4.69, 9.17) is 17.3 Å². The Hall–Kier alpha value is -0.730. The molecule has 0 amide bonds. The average molecular weight is 186 g/mol. The Morgan fingerprint density at radius 3 is 2.83 bits per heavy atom. The first-order valence-corrected chi connectivity index (χ1v) is 4.27. The van der Waals surface area contributed by atoms with Gasteiger partial charge in [-0.05, 0) is 18.1 Å². The second-order valence-electron chi connectivity index (χ2n) is 2.70. The van der Waals surface area contributed by atoms with E-state index in [1.807, 2.05) is 13.0 Å². The molecule has 0 aliphatic carbocycles. The Bertz CT molecular complexity index is 275. The van der Waals surface area contributed by atoms with Crippen LogP contribution in [0.25, 0.3) is 0 Å². The van der Waals surface area contributed by atoms with Crippen LogP contribution in [-0.2, 0) is 0 Å². The Balaban J connectivity index is 3.07. The van der Waals surface area contributed by atoms with Crippen molar-refractivity contribution in [3.05, 3.63) is 28.8 Å². The van der Waals surface area contributed by atoms with E-state index in [-0.39, 0.29) is 11.8 Å². The lowest BCUT2D eigenvalue weighted by molar-refractivity contribution is 0.474. The van der Waals surface area contributed by atoms with Gasteiger partial charge in [-0.3, -0.25) is 0 Å². The molecule has 1 atom stereocenters. The van der Waals surface area contributed by atoms with Crippen LogP contribution in [0.2, 0.25) is 5.02 Å². The van der Waals surface area contributed by atoms with Gasteiger partial charge in [0.2, 0.25) is 0 Å². The van der Waals surface area contributed by atoms with E-state index in [1.165, 1.54) is 0 Å². The van der Waals surface area contributed by atoms with Crippen LogP contribution in [0.3, 0.4) is 0 Å². The molecule has 3 N–H and O–H groups in total. The third-order valence-corrected chi connectivity index (χ3v) is 2.26. The summed E-state index contributed by atoms with van der Waals surface area (Å²) in [4.78, 5) is 0. The Labute approximate surface area is 77.0 Å². The van der Waals surface area contributed by atoms with Crippen LogP contribution in [0.4, 0.5) is 0 Å². The van der Waals surface area contributed by atoms with Gasteiger partial charge in [0.15, 0.2) is 0 Å². The van der Waals surface area contributed by atoms with Crippen molar-refractivity contribution >= 4 is 11.6 Å². The molecule has 1 rings (SSSR count). The predicted octanol–water partition coefficient (Wildman–Crippen LogP) is 2.46. The maximum Gasteiger partial charge on any atom is 0.134 e. The zero-order chi connectivity index (χ0) is 9.14. The standard InChI is InChI=1S/C9H12ClNO/c1-2-7(11)6-4-3-5-8(12)9(6)10/h3-5,7,12H,2,11H2,1H3/t7-/m1/s1. The third-order valence-electron chi connectivity index (χ3n) is 1.85. The van der Waals surface area contributed by atoms with Crippen molar-refractivity contribution in [2.45, 2.75) is 19.4 Å². The van der Waals surface area contributed by atoms with Gasteiger partial charge in [-0.25, -0.2) is 0 Å². The van der Waals surface area contributed by atoms with E-state index >= 15 is 0 Å². The van der Waals surface area contributed by atoms with Gasteiger partial charge in [0, 0.05) is 6.04 Å². The van der Waals surface area contributed by atoms with Crippen LogP contribution in [0.5, 0.6) is 5.75 Å². The second kappa shape index (κ2) is 3.78. The quantitative estimate of drug-likeness (QED) is 0.744. The van der Waals surface area contributed by atoms with Crippen LogP contribution in [0.1, 0.15) is 24.9 Å². The minimum Gasteiger partial charge on any atom is -0.506 e. The van der Waals surface area contributed by atoms with Crippen molar-refractivity contribution in [2.24, 2.45) is 5.73 Å². The summed E-state index contributed by atoms with van der Waals surface area (Å²) >= 11 is 5.84. The number of rotatable bonds is 2. The minimum absolute atomic E-state index is 0.0930. The van der Waals surface area contributed by atoms with E-state index in [9.17, 15) is 5.11 Å². The van der Waals surface area contributed by atoms with E-state index in [2.05, 4.69) is 0 Å². The first kappa shape index (κ1) is 9.36. The molecule has 0 aliphatic heterocycles. The van der Waals surface area contributed by atoms with Crippen LogP contribution in [0, 0.1) is 0 Å². The molecule has 3 heteroatoms. The molecule has 0 radical (unpaired) electrons. The van der Waals surface area contributed by atoms with Gasteiger partial charge >= 0.3 is 0 Å². The molecular weight excluding hydrogens is 174 g/mol. The summed E-state index contributed by atoms with van der Waals surface area (Å²) < 4.78 is 0. The van der Waals surface area contributed by atoms with E-state index < -0.39 is 0 Å². The highest BCUT2D eigenvalue weighted by Gasteiger charge is 2.09. The van der Waals surface area contributed by atoms with Gasteiger partial charge in [0.1, 0.15) is 5.75 Å². The number of hydrogen-bond donors (Lipinski definition) is 2. The SMILES string of the molecule is CC[C@@H](N)c1cccc(O)c1Cl. The van der Waals surface area contributed by atoms with Gasteiger partial charge in [0.25, 0.3) is 0 Å². The topological polar surface area (TPSA) is 46.2 Å². The monoisotopic (exact) mass is 185 g/mol. The van der Waals surface area contributed by atoms with Crippen molar-refractivity contribution in [2.75, 3.05) is 0 Å². The number of nitrogens with two attached hydrogens (primary N) is 1. The third kappa shape index (κ3) is 1.71. The first-order valence-electron chi connectivity index (χ1n) is 3.89. The fraction of sp³-hybridized carbons (Fsp3) is 0.333. The molecule has 1 aromatic rings. The van der Waals surface area contributed by atoms with Gasteiger partial charge < -0.3 is 10.8 Å². The number of phenolic OH excluding ortho intramolecular Hbond substituents is 1. The molecule has 0 aromatic heterocycles. The summed E-state index contributed by atoms with van der Waals surface area (Å²) in [6.45, 7) is 1.98. The van der Waals surface area contributed by atoms with Crippen molar-refractivity contribution < 1.29 is 5.11 Å². The number of halogens is 1. The van der Waals surface area contributed by atoms with Gasteiger partial charge in [0.05, 0.1) is 5.02 Å². The smallest absolute Gasteiger partial charge is 0.134 e. The first-order chi connectivity index (χ1) is 5.66. The van der Waals surface area contributed by atoms with E-state index in [0.29, 0.717) is 5.02 Å². The lowest BCUT2D eigenvalue weighted by Crippen LogP contribution is -2.08. The van der Waals surface area contributed by atoms with Crippen LogP contribution in [-0.4, -0.2) is 5.11 Å². The highest BCUT2D eigenvalue weighted by Crippen LogP contribution is 2.30. The van der Waals surface area contributed by atoms with Gasteiger partial charge in [-0.2, -0.15) is 0 Å². The van der Waals surface area contributed by atoms with Crippen LogP contribution in [0.15, 0.2) is 18.2 Å².